The van der Waals surface area contributed by atoms with Crippen LogP contribution in [-0.2, 0) is 29.3 Å². The van der Waals surface area contributed by atoms with Crippen LogP contribution in [0.15, 0.2) is 29.0 Å². The van der Waals surface area contributed by atoms with Crippen LogP contribution in [0.3, 0.4) is 0 Å². The molecule has 16 heteroatoms. The number of aryl methyl sites for hydroxylation is 1. The fraction of sp³-hybridized carbons (Fsp3) is 0.658. The molecule has 7 N–H and O–H groups in total. The predicted octanol–water partition coefficient (Wildman–Crippen LogP) is 1.98. The van der Waals surface area contributed by atoms with Gasteiger partial charge >= 0.3 is 12.1 Å². The van der Waals surface area contributed by atoms with Crippen molar-refractivity contribution >= 4 is 29.8 Å². The lowest BCUT2D eigenvalue weighted by Gasteiger charge is -2.58. The Labute approximate surface area is 317 Å². The van der Waals surface area contributed by atoms with Gasteiger partial charge in [0.05, 0.1) is 24.7 Å². The molecule has 300 valence electrons. The Balaban J connectivity index is 1.53. The second-order valence-corrected chi connectivity index (χ2v) is 14.4. The van der Waals surface area contributed by atoms with E-state index in [-0.39, 0.29) is 56.4 Å². The van der Waals surface area contributed by atoms with E-state index in [1.807, 2.05) is 33.0 Å². The van der Waals surface area contributed by atoms with E-state index in [0.717, 1.165) is 11.1 Å². The summed E-state index contributed by atoms with van der Waals surface area (Å²) in [6.45, 7) is 8.86. The quantitative estimate of drug-likeness (QED) is 0.0628. The number of piperidine rings is 1. The number of benzene rings is 1. The summed E-state index contributed by atoms with van der Waals surface area (Å²) in [5, 5.41) is 18.1. The van der Waals surface area contributed by atoms with Crippen molar-refractivity contribution in [1.82, 2.24) is 20.4 Å². The summed E-state index contributed by atoms with van der Waals surface area (Å²) in [6.07, 6.45) is 3.95. The zero-order chi connectivity index (χ0) is 39.6. The van der Waals surface area contributed by atoms with Crippen LogP contribution in [0.1, 0.15) is 83.3 Å². The topological polar surface area (TPSA) is 220 Å². The molecule has 2 aliphatic heterocycles. The van der Waals surface area contributed by atoms with Gasteiger partial charge in [-0.2, -0.15) is 0 Å². The SMILES string of the molecule is CCOC(=O)CCCCCN(CCNC(=O)[C@H](CCCN=C(N)N)NC(C)=O)C(=O)OC1=CCC2(O)[C@@H](C)N(C)CC[C@@]23c2c(C)ccc(OC)c2OC13. The number of unbranched alkanes of at least 4 members (excludes halogenated alkanes) is 2. The molecule has 0 radical (unpaired) electrons. The third kappa shape index (κ3) is 9.20. The molecular formula is C38H59N7O9. The zero-order valence-electron chi connectivity index (χ0n) is 32.6. The number of methoxy groups -OCH3 is 1. The van der Waals surface area contributed by atoms with E-state index >= 15 is 0 Å². The van der Waals surface area contributed by atoms with Crippen LogP contribution >= 0.6 is 0 Å². The molecule has 1 aromatic carbocycles. The lowest BCUT2D eigenvalue weighted by atomic mass is 9.54. The Morgan fingerprint density at radius 1 is 1.17 bits per heavy atom. The van der Waals surface area contributed by atoms with Crippen molar-refractivity contribution < 1.29 is 43.2 Å². The van der Waals surface area contributed by atoms with Gasteiger partial charge in [-0.3, -0.25) is 19.4 Å². The molecule has 0 saturated carbocycles. The molecule has 5 atom stereocenters. The number of hydrogen-bond donors (Lipinski definition) is 5. The number of rotatable bonds is 18. The minimum absolute atomic E-state index is 0.0574. The number of guanidine groups is 1. The molecule has 1 aliphatic carbocycles. The van der Waals surface area contributed by atoms with E-state index < -0.39 is 35.2 Å². The lowest BCUT2D eigenvalue weighted by Crippen LogP contribution is -2.71. The maximum absolute atomic E-state index is 14.1. The summed E-state index contributed by atoms with van der Waals surface area (Å²) < 4.78 is 23.6. The molecular weight excluding hydrogens is 698 g/mol. The molecule has 0 bridgehead atoms. The van der Waals surface area contributed by atoms with E-state index in [9.17, 15) is 24.3 Å². The first kappa shape index (κ1) is 42.2. The normalized spacial score (nSPS) is 23.3. The maximum atomic E-state index is 14.1. The third-order valence-corrected chi connectivity index (χ3v) is 10.9. The van der Waals surface area contributed by atoms with Crippen LogP contribution in [0.2, 0.25) is 0 Å². The number of fused-ring (bicyclic) bond motifs is 1. The molecule has 0 aromatic heterocycles. The van der Waals surface area contributed by atoms with Gasteiger partial charge < -0.3 is 56.0 Å². The van der Waals surface area contributed by atoms with Crippen molar-refractivity contribution in [2.24, 2.45) is 16.5 Å². The number of aliphatic imine (C=N–C) groups is 1. The van der Waals surface area contributed by atoms with Crippen LogP contribution in [0.4, 0.5) is 4.79 Å². The van der Waals surface area contributed by atoms with Gasteiger partial charge in [0.2, 0.25) is 11.8 Å². The average molecular weight is 758 g/mol. The molecule has 3 aliphatic rings. The number of carbonyl (C=O) groups is 4. The van der Waals surface area contributed by atoms with E-state index in [0.29, 0.717) is 75.5 Å². The second kappa shape index (κ2) is 18.7. The van der Waals surface area contributed by atoms with Gasteiger partial charge in [0, 0.05) is 57.5 Å². The van der Waals surface area contributed by atoms with Crippen molar-refractivity contribution in [2.75, 3.05) is 53.5 Å². The molecule has 1 fully saturated rings. The summed E-state index contributed by atoms with van der Waals surface area (Å²) in [4.78, 5) is 58.6. The van der Waals surface area contributed by atoms with Gasteiger partial charge in [-0.25, -0.2) is 4.79 Å². The zero-order valence-corrected chi connectivity index (χ0v) is 32.6. The number of hydrogen-bond acceptors (Lipinski definition) is 11. The van der Waals surface area contributed by atoms with Crippen molar-refractivity contribution in [1.29, 1.82) is 0 Å². The number of carbonyl (C=O) groups excluding carboxylic acids is 4. The molecule has 1 spiro atoms. The van der Waals surface area contributed by atoms with E-state index in [1.54, 1.807) is 20.1 Å². The summed E-state index contributed by atoms with van der Waals surface area (Å²) in [6, 6.07) is 2.75. The Morgan fingerprint density at radius 2 is 1.93 bits per heavy atom. The van der Waals surface area contributed by atoms with Crippen LogP contribution < -0.4 is 31.6 Å². The number of esters is 1. The number of nitrogens with two attached hydrogens (primary N) is 2. The minimum Gasteiger partial charge on any atom is -0.493 e. The van der Waals surface area contributed by atoms with Crippen LogP contribution in [0.5, 0.6) is 11.5 Å². The second-order valence-electron chi connectivity index (χ2n) is 14.4. The van der Waals surface area contributed by atoms with Gasteiger partial charge in [-0.1, -0.05) is 12.5 Å². The molecule has 54 heavy (non-hydrogen) atoms. The predicted molar refractivity (Wildman–Crippen MR) is 202 cm³/mol. The Morgan fingerprint density at radius 3 is 2.61 bits per heavy atom. The highest BCUT2D eigenvalue weighted by atomic mass is 16.6. The van der Waals surface area contributed by atoms with Crippen molar-refractivity contribution in [3.63, 3.8) is 0 Å². The van der Waals surface area contributed by atoms with E-state index in [1.165, 1.54) is 11.8 Å². The van der Waals surface area contributed by atoms with Crippen LogP contribution in [0, 0.1) is 6.92 Å². The summed E-state index contributed by atoms with van der Waals surface area (Å²) >= 11 is 0. The van der Waals surface area contributed by atoms with Gasteiger partial charge in [-0.05, 0) is 84.2 Å². The first-order valence-electron chi connectivity index (χ1n) is 18.9. The monoisotopic (exact) mass is 757 g/mol. The first-order chi connectivity index (χ1) is 25.7. The number of nitrogens with zero attached hydrogens (tertiary/aromatic N) is 3. The van der Waals surface area contributed by atoms with Crippen molar-refractivity contribution in [2.45, 2.75) is 108 Å². The Bertz CT molecular complexity index is 1580. The van der Waals surface area contributed by atoms with Gasteiger partial charge in [0.25, 0.3) is 0 Å². The number of ether oxygens (including phenoxy) is 4. The number of amides is 3. The Kier molecular flexibility index (Phi) is 14.6. The molecule has 1 aromatic rings. The number of nitrogens with one attached hydrogen (secondary N) is 2. The highest BCUT2D eigenvalue weighted by Gasteiger charge is 2.69. The van der Waals surface area contributed by atoms with Gasteiger partial charge in [0.1, 0.15) is 11.8 Å². The summed E-state index contributed by atoms with van der Waals surface area (Å²) in [7, 11) is 3.57. The highest BCUT2D eigenvalue weighted by molar-refractivity contribution is 5.86. The smallest absolute Gasteiger partial charge is 0.415 e. The molecule has 3 amide bonds. The lowest BCUT2D eigenvalue weighted by molar-refractivity contribution is -0.153. The number of likely N-dealkylation sites (tertiary alicyclic amines) is 1. The van der Waals surface area contributed by atoms with Gasteiger partial charge in [0.15, 0.2) is 23.6 Å². The molecule has 1 saturated heterocycles. The van der Waals surface area contributed by atoms with Crippen LogP contribution in [-0.4, -0.2) is 122 Å². The number of aliphatic hydroxyl groups is 1. The summed E-state index contributed by atoms with van der Waals surface area (Å²) in [5.41, 5.74) is 10.5. The molecule has 4 rings (SSSR count). The van der Waals surface area contributed by atoms with Crippen molar-refractivity contribution in [3.8, 4) is 11.5 Å². The molecule has 16 nitrogen and oxygen atoms in total. The van der Waals surface area contributed by atoms with Crippen LogP contribution in [0.25, 0.3) is 0 Å². The largest absolute Gasteiger partial charge is 0.493 e. The van der Waals surface area contributed by atoms with E-state index in [2.05, 4.69) is 20.5 Å². The average Bonchev–Trinajstić information content (AvgIpc) is 3.49. The number of likely N-dealkylation sites (N-methyl/N-ethyl adjacent to an activating group) is 1. The molecule has 2 unspecified atom stereocenters. The van der Waals surface area contributed by atoms with E-state index in [4.69, 9.17) is 30.4 Å². The molecule has 2 heterocycles. The first-order valence-corrected chi connectivity index (χ1v) is 18.9. The van der Waals surface area contributed by atoms with Gasteiger partial charge in [-0.15, -0.1) is 0 Å². The Hall–Kier alpha value is -4.57. The van der Waals surface area contributed by atoms with Crippen molar-refractivity contribution in [3.05, 3.63) is 35.1 Å². The minimum atomic E-state index is -1.24. The highest BCUT2D eigenvalue weighted by Crippen LogP contribution is 2.62. The standard InChI is InChI=1S/C38H59N7O9/c1-7-52-30(47)13-9-8-10-21-45(23-20-41-34(48)27(43-26(4)46)12-11-19-42-35(39)40)36(49)53-29-16-17-38(50)25(3)44(5)22-18-37(38)31-24(2)14-15-28(51-6)32(31)54-33(29)37/h14-16,25,27,33,50H,7-13,17-23H2,1-6H3,(H,41,48)(H,43,46)(H4,39,40,42)/t25-,27+,33?,37+,38?/m1/s1. The fourth-order valence-corrected chi connectivity index (χ4v) is 8.05. The summed E-state index contributed by atoms with van der Waals surface area (Å²) in [5.74, 6) is 0.280. The maximum Gasteiger partial charge on any atom is 0.415 e. The fourth-order valence-electron chi connectivity index (χ4n) is 8.05. The third-order valence-electron chi connectivity index (χ3n) is 10.9.